The minimum absolute atomic E-state index is 0.110. The van der Waals surface area contributed by atoms with E-state index in [1.807, 2.05) is 0 Å². The van der Waals surface area contributed by atoms with E-state index in [9.17, 15) is 22.8 Å². The first kappa shape index (κ1) is 18.8. The highest BCUT2D eigenvalue weighted by Crippen LogP contribution is 2.26. The van der Waals surface area contributed by atoms with E-state index in [0.29, 0.717) is 0 Å². The molecule has 0 aliphatic heterocycles. The number of nitrogens with one attached hydrogen (secondary N) is 2. The quantitative estimate of drug-likeness (QED) is 0.704. The lowest BCUT2D eigenvalue weighted by Crippen LogP contribution is -2.46. The number of nitrogens with two attached hydrogens (primary N) is 1. The molecule has 0 unspecified atom stereocenters. The zero-order valence-corrected chi connectivity index (χ0v) is 12.6. The van der Waals surface area contributed by atoms with Crippen LogP contribution in [0.4, 0.5) is 18.9 Å². The lowest BCUT2D eigenvalue weighted by Gasteiger charge is -2.16. The molecule has 1 aromatic rings. The number of hydrogen-bond acceptors (Lipinski definition) is 4. The number of hydrogen-bond donors (Lipinski definition) is 3. The first-order valence-corrected chi connectivity index (χ1v) is 6.78. The van der Waals surface area contributed by atoms with Gasteiger partial charge in [0.2, 0.25) is 11.8 Å². The molecule has 2 amide bonds. The Hall–Kier alpha value is -2.29. The van der Waals surface area contributed by atoms with Crippen LogP contribution in [0.2, 0.25) is 0 Å². The molecule has 0 bridgehead atoms. The highest BCUT2D eigenvalue weighted by molar-refractivity contribution is 5.96. The van der Waals surface area contributed by atoms with Crippen molar-refractivity contribution in [3.8, 4) is 5.75 Å². The number of ether oxygens (including phenoxy) is 1. The third kappa shape index (κ3) is 6.15. The standard InChI is InChI=1S/C14H18F3N3O3/c1-7(2)12(18)13(22)19-6-11(21)20-9-4-3-8(15)5-10(9)23-14(16)17/h3-5,7,12,14H,6,18H2,1-2H3,(H,19,22)(H,20,21)/t12-/m0/s1. The number of halogens is 3. The minimum atomic E-state index is -3.17. The number of alkyl halides is 2. The summed E-state index contributed by atoms with van der Waals surface area (Å²) in [4.78, 5) is 23.3. The third-order valence-corrected chi connectivity index (χ3v) is 2.88. The monoisotopic (exact) mass is 333 g/mol. The van der Waals surface area contributed by atoms with E-state index in [1.165, 1.54) is 0 Å². The molecular weight excluding hydrogens is 315 g/mol. The third-order valence-electron chi connectivity index (χ3n) is 2.88. The van der Waals surface area contributed by atoms with Crippen molar-refractivity contribution >= 4 is 17.5 Å². The number of carbonyl (C=O) groups excluding carboxylic acids is 2. The second-order valence-corrected chi connectivity index (χ2v) is 5.05. The van der Waals surface area contributed by atoms with Gasteiger partial charge in [0.15, 0.2) is 5.75 Å². The summed E-state index contributed by atoms with van der Waals surface area (Å²) in [6.45, 7) is -0.0885. The maximum atomic E-state index is 13.0. The smallest absolute Gasteiger partial charge is 0.387 e. The normalized spacial score (nSPS) is 12.2. The lowest BCUT2D eigenvalue weighted by atomic mass is 10.1. The summed E-state index contributed by atoms with van der Waals surface area (Å²) in [5.74, 6) is -2.63. The summed E-state index contributed by atoms with van der Waals surface area (Å²) < 4.78 is 41.7. The number of carbonyl (C=O) groups is 2. The summed E-state index contributed by atoms with van der Waals surface area (Å²) >= 11 is 0. The SMILES string of the molecule is CC(C)[C@H](N)C(=O)NCC(=O)Nc1ccc(F)cc1OC(F)F. The van der Waals surface area contributed by atoms with E-state index in [4.69, 9.17) is 5.73 Å². The van der Waals surface area contributed by atoms with Gasteiger partial charge in [-0.2, -0.15) is 8.78 Å². The summed E-state index contributed by atoms with van der Waals surface area (Å²) in [5.41, 5.74) is 5.47. The molecule has 0 aliphatic carbocycles. The molecule has 0 aliphatic rings. The van der Waals surface area contributed by atoms with Crippen molar-refractivity contribution in [2.75, 3.05) is 11.9 Å². The number of benzene rings is 1. The Kier molecular flexibility index (Phi) is 6.83. The van der Waals surface area contributed by atoms with E-state index in [2.05, 4.69) is 15.4 Å². The van der Waals surface area contributed by atoms with Crippen molar-refractivity contribution in [3.63, 3.8) is 0 Å². The number of amides is 2. The number of anilines is 1. The Labute approximate surface area is 131 Å². The van der Waals surface area contributed by atoms with Crippen LogP contribution in [-0.2, 0) is 9.59 Å². The molecule has 1 atom stereocenters. The van der Waals surface area contributed by atoms with Crippen LogP contribution in [0.25, 0.3) is 0 Å². The van der Waals surface area contributed by atoms with Crippen LogP contribution in [0.5, 0.6) is 5.75 Å². The predicted molar refractivity (Wildman–Crippen MR) is 77.5 cm³/mol. The zero-order valence-electron chi connectivity index (χ0n) is 12.6. The first-order valence-electron chi connectivity index (χ1n) is 6.78. The lowest BCUT2D eigenvalue weighted by molar-refractivity contribution is -0.125. The van der Waals surface area contributed by atoms with Crippen LogP contribution in [0, 0.1) is 11.7 Å². The molecule has 1 aromatic carbocycles. The van der Waals surface area contributed by atoms with E-state index >= 15 is 0 Å². The maximum Gasteiger partial charge on any atom is 0.387 e. The van der Waals surface area contributed by atoms with Crippen LogP contribution in [0.1, 0.15) is 13.8 Å². The second kappa shape index (κ2) is 8.37. The molecule has 0 fully saturated rings. The van der Waals surface area contributed by atoms with Gasteiger partial charge in [-0.15, -0.1) is 0 Å². The Balaban J connectivity index is 2.65. The number of rotatable bonds is 7. The van der Waals surface area contributed by atoms with Crippen molar-refractivity contribution in [1.29, 1.82) is 0 Å². The van der Waals surface area contributed by atoms with Crippen molar-refractivity contribution in [2.45, 2.75) is 26.5 Å². The molecule has 23 heavy (non-hydrogen) atoms. The average Bonchev–Trinajstić information content (AvgIpc) is 2.46. The molecule has 0 spiro atoms. The summed E-state index contributed by atoms with van der Waals surface area (Å²) in [5, 5.41) is 4.56. The molecule has 0 radical (unpaired) electrons. The van der Waals surface area contributed by atoms with Gasteiger partial charge < -0.3 is 21.1 Å². The molecule has 9 heteroatoms. The Bertz CT molecular complexity index is 567. The average molecular weight is 333 g/mol. The van der Waals surface area contributed by atoms with Gasteiger partial charge in [0, 0.05) is 6.07 Å². The molecule has 6 nitrogen and oxygen atoms in total. The Morgan fingerprint density at radius 1 is 1.30 bits per heavy atom. The highest BCUT2D eigenvalue weighted by atomic mass is 19.3. The van der Waals surface area contributed by atoms with E-state index in [1.54, 1.807) is 13.8 Å². The summed E-state index contributed by atoms with van der Waals surface area (Å²) in [6.07, 6.45) is 0. The van der Waals surface area contributed by atoms with E-state index in [-0.39, 0.29) is 11.6 Å². The van der Waals surface area contributed by atoms with Gasteiger partial charge in [-0.05, 0) is 18.1 Å². The maximum absolute atomic E-state index is 13.0. The molecule has 4 N–H and O–H groups in total. The van der Waals surface area contributed by atoms with Crippen LogP contribution in [0.15, 0.2) is 18.2 Å². The fraction of sp³-hybridized carbons (Fsp3) is 0.429. The van der Waals surface area contributed by atoms with Crippen LogP contribution in [0.3, 0.4) is 0 Å². The first-order chi connectivity index (χ1) is 10.7. The van der Waals surface area contributed by atoms with Crippen molar-refractivity contribution in [3.05, 3.63) is 24.0 Å². The van der Waals surface area contributed by atoms with E-state index < -0.39 is 42.6 Å². The van der Waals surface area contributed by atoms with Crippen molar-refractivity contribution in [2.24, 2.45) is 11.7 Å². The summed E-state index contributed by atoms with van der Waals surface area (Å²) in [6, 6.07) is 1.99. The Morgan fingerprint density at radius 3 is 2.52 bits per heavy atom. The van der Waals surface area contributed by atoms with Gasteiger partial charge in [-0.1, -0.05) is 13.8 Å². The van der Waals surface area contributed by atoms with Gasteiger partial charge in [0.25, 0.3) is 0 Å². The molecule has 0 saturated heterocycles. The predicted octanol–water partition coefficient (Wildman–Crippen LogP) is 1.47. The van der Waals surface area contributed by atoms with Crippen LogP contribution < -0.4 is 21.1 Å². The van der Waals surface area contributed by atoms with Gasteiger partial charge in [0.1, 0.15) is 5.82 Å². The zero-order chi connectivity index (χ0) is 17.6. The van der Waals surface area contributed by atoms with Crippen molar-refractivity contribution < 1.29 is 27.5 Å². The topological polar surface area (TPSA) is 93.5 Å². The molecule has 0 saturated carbocycles. The largest absolute Gasteiger partial charge is 0.432 e. The second-order valence-electron chi connectivity index (χ2n) is 5.05. The highest BCUT2D eigenvalue weighted by Gasteiger charge is 2.18. The van der Waals surface area contributed by atoms with Gasteiger partial charge in [0.05, 0.1) is 18.3 Å². The molecule has 1 rings (SSSR count). The summed E-state index contributed by atoms with van der Waals surface area (Å²) in [7, 11) is 0. The molecular formula is C14H18F3N3O3. The van der Waals surface area contributed by atoms with Crippen molar-refractivity contribution in [1.82, 2.24) is 5.32 Å². The molecule has 128 valence electrons. The van der Waals surface area contributed by atoms with E-state index in [0.717, 1.165) is 18.2 Å². The Morgan fingerprint density at radius 2 is 1.96 bits per heavy atom. The molecule has 0 heterocycles. The van der Waals surface area contributed by atoms with Gasteiger partial charge in [-0.3, -0.25) is 9.59 Å². The van der Waals surface area contributed by atoms with Crippen LogP contribution >= 0.6 is 0 Å². The van der Waals surface area contributed by atoms with Crippen LogP contribution in [-0.4, -0.2) is 31.0 Å². The van der Waals surface area contributed by atoms with Gasteiger partial charge in [-0.25, -0.2) is 4.39 Å². The fourth-order valence-corrected chi connectivity index (χ4v) is 1.58. The molecule has 0 aromatic heterocycles. The minimum Gasteiger partial charge on any atom is -0.432 e. The fourth-order valence-electron chi connectivity index (χ4n) is 1.58. The van der Waals surface area contributed by atoms with Gasteiger partial charge >= 0.3 is 6.61 Å².